The minimum absolute atomic E-state index is 0.170. The van der Waals surface area contributed by atoms with Crippen LogP contribution in [0.2, 0.25) is 0 Å². The minimum atomic E-state index is -1.09. The molecule has 0 saturated heterocycles. The number of aliphatic hydroxyl groups excluding tert-OH is 1. The molecule has 38 heavy (non-hydrogen) atoms. The quantitative estimate of drug-likeness (QED) is 0.197. The van der Waals surface area contributed by atoms with Gasteiger partial charge in [-0.2, -0.15) is 0 Å². The Morgan fingerprint density at radius 3 is 2.08 bits per heavy atom. The van der Waals surface area contributed by atoms with Crippen LogP contribution >= 0.6 is 0 Å². The van der Waals surface area contributed by atoms with Gasteiger partial charge in [-0.05, 0) is 37.3 Å². The SMILES string of the molecule is C=C[C@@H]1C[C@]1(NC(=O)[C@@H]1C[C@H](O)C[C@H]1C(=O)OC)C(=O)OCC.ON=C1c2ccccc2-c2ccccc21. The van der Waals surface area contributed by atoms with Gasteiger partial charge in [-0.3, -0.25) is 9.59 Å². The first kappa shape index (κ1) is 27.1. The summed E-state index contributed by atoms with van der Waals surface area (Å²) in [5.74, 6) is -3.05. The lowest BCUT2D eigenvalue weighted by Crippen LogP contribution is -2.49. The lowest BCUT2D eigenvalue weighted by atomic mass is 9.94. The molecule has 0 aliphatic heterocycles. The molecule has 0 bridgehead atoms. The predicted octanol–water partition coefficient (Wildman–Crippen LogP) is 3.06. The molecule has 0 aromatic heterocycles. The van der Waals surface area contributed by atoms with Crippen molar-refractivity contribution in [3.8, 4) is 11.1 Å². The topological polar surface area (TPSA) is 135 Å². The number of oxime groups is 1. The van der Waals surface area contributed by atoms with Crippen LogP contribution in [0.25, 0.3) is 11.1 Å². The molecule has 0 heterocycles. The Bertz CT molecular complexity index is 1230. The Morgan fingerprint density at radius 2 is 1.61 bits per heavy atom. The number of ether oxygens (including phenoxy) is 2. The normalized spacial score (nSPS) is 26.1. The molecule has 2 fully saturated rings. The molecule has 5 atom stereocenters. The summed E-state index contributed by atoms with van der Waals surface area (Å²) in [6, 6.07) is 15.9. The molecule has 0 unspecified atom stereocenters. The molecule has 2 saturated carbocycles. The van der Waals surface area contributed by atoms with E-state index in [1.54, 1.807) is 13.0 Å². The predicted molar refractivity (Wildman–Crippen MR) is 139 cm³/mol. The largest absolute Gasteiger partial charge is 0.469 e. The van der Waals surface area contributed by atoms with Gasteiger partial charge in [-0.25, -0.2) is 4.79 Å². The van der Waals surface area contributed by atoms with E-state index in [1.165, 1.54) is 7.11 Å². The van der Waals surface area contributed by atoms with Crippen LogP contribution < -0.4 is 5.32 Å². The molecule has 9 heteroatoms. The molecule has 2 aromatic carbocycles. The molecule has 2 aromatic rings. The van der Waals surface area contributed by atoms with Crippen LogP contribution in [0.15, 0.2) is 66.3 Å². The zero-order chi connectivity index (χ0) is 27.4. The van der Waals surface area contributed by atoms with Crippen LogP contribution in [-0.2, 0) is 23.9 Å². The van der Waals surface area contributed by atoms with Crippen LogP contribution in [0.3, 0.4) is 0 Å². The fraction of sp³-hybridized carbons (Fsp3) is 0.379. The third kappa shape index (κ3) is 4.93. The molecular weight excluding hydrogens is 488 g/mol. The van der Waals surface area contributed by atoms with E-state index in [0.29, 0.717) is 12.1 Å². The number of hydrogen-bond donors (Lipinski definition) is 3. The molecule has 3 aliphatic rings. The van der Waals surface area contributed by atoms with Crippen LogP contribution in [0.1, 0.15) is 37.3 Å². The first-order valence-corrected chi connectivity index (χ1v) is 12.6. The van der Waals surface area contributed by atoms with E-state index in [4.69, 9.17) is 14.7 Å². The summed E-state index contributed by atoms with van der Waals surface area (Å²) in [5.41, 5.74) is 3.86. The fourth-order valence-corrected chi connectivity index (χ4v) is 5.39. The van der Waals surface area contributed by atoms with E-state index in [1.807, 2.05) is 48.5 Å². The Balaban J connectivity index is 0.000000192. The maximum Gasteiger partial charge on any atom is 0.332 e. The molecule has 1 amide bonds. The summed E-state index contributed by atoms with van der Waals surface area (Å²) < 4.78 is 9.74. The molecule has 0 spiro atoms. The number of rotatable bonds is 6. The number of aliphatic hydroxyl groups is 1. The van der Waals surface area contributed by atoms with Crippen molar-refractivity contribution < 1.29 is 34.2 Å². The van der Waals surface area contributed by atoms with Gasteiger partial charge in [0.25, 0.3) is 0 Å². The van der Waals surface area contributed by atoms with Gasteiger partial charge in [0.05, 0.1) is 31.7 Å². The van der Waals surface area contributed by atoms with Crippen LogP contribution in [-0.4, -0.2) is 59.2 Å². The minimum Gasteiger partial charge on any atom is -0.469 e. The molecule has 200 valence electrons. The summed E-state index contributed by atoms with van der Waals surface area (Å²) in [5, 5.41) is 24.9. The van der Waals surface area contributed by atoms with E-state index in [2.05, 4.69) is 17.1 Å². The van der Waals surface area contributed by atoms with Gasteiger partial charge in [0.2, 0.25) is 5.91 Å². The second kappa shape index (κ2) is 11.2. The summed E-state index contributed by atoms with van der Waals surface area (Å²) in [6.45, 7) is 5.57. The Morgan fingerprint density at radius 1 is 1.05 bits per heavy atom. The van der Waals surface area contributed by atoms with Gasteiger partial charge in [0, 0.05) is 17.0 Å². The summed E-state index contributed by atoms with van der Waals surface area (Å²) in [4.78, 5) is 36.5. The molecular formula is C29H32N2O7. The van der Waals surface area contributed by atoms with Gasteiger partial charge in [0.15, 0.2) is 0 Å². The summed E-state index contributed by atoms with van der Waals surface area (Å²) in [6.07, 6.45) is 1.66. The maximum atomic E-state index is 12.6. The number of amides is 1. The van der Waals surface area contributed by atoms with E-state index in [9.17, 15) is 19.5 Å². The highest BCUT2D eigenvalue weighted by atomic mass is 16.5. The Labute approximate surface area is 221 Å². The molecule has 3 N–H and O–H groups in total. The zero-order valence-electron chi connectivity index (χ0n) is 21.4. The van der Waals surface area contributed by atoms with E-state index in [0.717, 1.165) is 22.3 Å². The van der Waals surface area contributed by atoms with Crippen molar-refractivity contribution in [1.82, 2.24) is 5.32 Å². The molecule has 5 rings (SSSR count). The van der Waals surface area contributed by atoms with Gasteiger partial charge in [0.1, 0.15) is 11.3 Å². The number of carbonyl (C=O) groups excluding carboxylic acids is 3. The molecule has 0 radical (unpaired) electrons. The summed E-state index contributed by atoms with van der Waals surface area (Å²) in [7, 11) is 1.25. The highest BCUT2D eigenvalue weighted by Gasteiger charge is 2.62. The van der Waals surface area contributed by atoms with Crippen molar-refractivity contribution in [2.45, 2.75) is 37.8 Å². The monoisotopic (exact) mass is 520 g/mol. The van der Waals surface area contributed by atoms with E-state index >= 15 is 0 Å². The number of hydrogen-bond acceptors (Lipinski definition) is 8. The third-order valence-corrected chi connectivity index (χ3v) is 7.42. The number of methoxy groups -OCH3 is 1. The van der Waals surface area contributed by atoms with Crippen molar-refractivity contribution in [2.24, 2.45) is 22.9 Å². The number of fused-ring (bicyclic) bond motifs is 3. The maximum absolute atomic E-state index is 12.6. The first-order chi connectivity index (χ1) is 18.3. The van der Waals surface area contributed by atoms with Gasteiger partial charge in [-0.15, -0.1) is 6.58 Å². The average molecular weight is 521 g/mol. The van der Waals surface area contributed by atoms with Gasteiger partial charge >= 0.3 is 11.9 Å². The highest BCUT2D eigenvalue weighted by molar-refractivity contribution is 6.24. The van der Waals surface area contributed by atoms with E-state index < -0.39 is 41.3 Å². The van der Waals surface area contributed by atoms with Gasteiger partial charge in [-0.1, -0.05) is 59.8 Å². The number of nitrogens with one attached hydrogen (secondary N) is 1. The van der Waals surface area contributed by atoms with Crippen molar-refractivity contribution >= 4 is 23.6 Å². The van der Waals surface area contributed by atoms with Crippen LogP contribution in [0.4, 0.5) is 0 Å². The number of carbonyl (C=O) groups is 3. The number of esters is 2. The van der Waals surface area contributed by atoms with Crippen LogP contribution in [0.5, 0.6) is 0 Å². The van der Waals surface area contributed by atoms with Crippen LogP contribution in [0, 0.1) is 17.8 Å². The number of benzene rings is 2. The van der Waals surface area contributed by atoms with Crippen molar-refractivity contribution in [1.29, 1.82) is 0 Å². The van der Waals surface area contributed by atoms with Crippen molar-refractivity contribution in [3.05, 3.63) is 72.3 Å². The smallest absolute Gasteiger partial charge is 0.332 e. The molecule has 3 aliphatic carbocycles. The second-order valence-electron chi connectivity index (χ2n) is 9.63. The first-order valence-electron chi connectivity index (χ1n) is 12.6. The Kier molecular flexibility index (Phi) is 7.97. The van der Waals surface area contributed by atoms with Gasteiger partial charge < -0.3 is 25.1 Å². The number of nitrogens with zero attached hydrogens (tertiary/aromatic N) is 1. The third-order valence-electron chi connectivity index (χ3n) is 7.42. The average Bonchev–Trinajstić information content (AvgIpc) is 3.35. The zero-order valence-corrected chi connectivity index (χ0v) is 21.4. The standard InChI is InChI=1S/C16H23NO6.C13H9NO/c1-4-9-8-16(9,15(21)23-5-2)17-13(19)11-6-10(18)7-12(11)14(20)22-3;15-14-13-11-7-3-1-5-9(11)10-6-2-4-8-12(10)13/h4,9-12,18H,1,5-8H2,2-3H3,(H,17,19);1-8,15H/t9-,10+,11-,12-,16-;/m1./s1. The lowest BCUT2D eigenvalue weighted by molar-refractivity contribution is -0.151. The van der Waals surface area contributed by atoms with Crippen molar-refractivity contribution in [3.63, 3.8) is 0 Å². The molecule has 9 nitrogen and oxygen atoms in total. The van der Waals surface area contributed by atoms with Crippen molar-refractivity contribution in [2.75, 3.05) is 13.7 Å². The highest BCUT2D eigenvalue weighted by Crippen LogP contribution is 2.46. The lowest BCUT2D eigenvalue weighted by Gasteiger charge is -2.22. The Hall–Kier alpha value is -3.98. The fourth-order valence-electron chi connectivity index (χ4n) is 5.39. The summed E-state index contributed by atoms with van der Waals surface area (Å²) >= 11 is 0. The van der Waals surface area contributed by atoms with E-state index in [-0.39, 0.29) is 25.4 Å². The second-order valence-corrected chi connectivity index (χ2v) is 9.63.